The van der Waals surface area contributed by atoms with Crippen molar-refractivity contribution < 1.29 is 4.42 Å². The van der Waals surface area contributed by atoms with Gasteiger partial charge in [0.05, 0.1) is 0 Å². The van der Waals surface area contributed by atoms with Gasteiger partial charge in [-0.1, -0.05) is 135 Å². The molecule has 3 heteroatoms. The quantitative estimate of drug-likeness (QED) is 0.173. The number of rotatable bonds is 2. The monoisotopic (exact) mass is 727 g/mol. The van der Waals surface area contributed by atoms with Gasteiger partial charge in [-0.2, -0.15) is 0 Å². The molecule has 0 amide bonds. The Balaban J connectivity index is 0.000000128. The van der Waals surface area contributed by atoms with Gasteiger partial charge in [-0.25, -0.2) is 0 Å². The Morgan fingerprint density at radius 2 is 1.33 bits per heavy atom. The van der Waals surface area contributed by atoms with E-state index in [1.54, 1.807) is 5.57 Å². The maximum absolute atomic E-state index is 6.66. The number of fused-ring (bicyclic) bond motifs is 12. The maximum atomic E-state index is 6.66. The van der Waals surface area contributed by atoms with Crippen LogP contribution >= 0.6 is 11.3 Å². The number of aromatic nitrogens is 1. The Morgan fingerprint density at radius 3 is 2.22 bits per heavy atom. The molecule has 0 bridgehead atoms. The number of allylic oxidation sites excluding steroid dienone is 5. The molecule has 2 nitrogen and oxygen atoms in total. The second-order valence-corrected chi connectivity index (χ2v) is 17.0. The fourth-order valence-electron chi connectivity index (χ4n) is 9.73. The van der Waals surface area contributed by atoms with Crippen LogP contribution in [-0.2, 0) is 18.9 Å². The third-order valence-corrected chi connectivity index (χ3v) is 13.7. The fraction of sp³-hybridized carbons (Fsp3) is 0.154. The van der Waals surface area contributed by atoms with Crippen molar-refractivity contribution in [3.8, 4) is 22.3 Å². The van der Waals surface area contributed by atoms with Crippen LogP contribution in [-0.4, -0.2) is 4.57 Å². The lowest BCUT2D eigenvalue weighted by molar-refractivity contribution is 0.606. The highest BCUT2D eigenvalue weighted by molar-refractivity contribution is 7.25. The molecular formula is C52H41NOS. The Hall–Kier alpha value is -5.90. The van der Waals surface area contributed by atoms with E-state index in [1.165, 1.54) is 86.5 Å². The van der Waals surface area contributed by atoms with E-state index in [4.69, 9.17) is 4.42 Å². The summed E-state index contributed by atoms with van der Waals surface area (Å²) in [6.45, 7) is 4.72. The van der Waals surface area contributed by atoms with Gasteiger partial charge in [-0.3, -0.25) is 0 Å². The molecule has 266 valence electrons. The number of thiophene rings is 1. The number of benzene rings is 6. The van der Waals surface area contributed by atoms with Gasteiger partial charge in [0, 0.05) is 76.7 Å². The van der Waals surface area contributed by atoms with Crippen molar-refractivity contribution in [3.63, 3.8) is 0 Å². The second-order valence-electron chi connectivity index (χ2n) is 15.9. The molecule has 0 spiro atoms. The number of hydrogen-bond donors (Lipinski definition) is 0. The molecule has 0 aliphatic heterocycles. The number of aryl methyl sites for hydroxylation is 1. The molecule has 3 heterocycles. The normalized spacial score (nSPS) is 15.5. The molecule has 3 aliphatic carbocycles. The molecule has 0 fully saturated rings. The van der Waals surface area contributed by atoms with Crippen molar-refractivity contribution in [1.82, 2.24) is 4.57 Å². The van der Waals surface area contributed by atoms with E-state index in [2.05, 4.69) is 171 Å². The van der Waals surface area contributed by atoms with Gasteiger partial charge >= 0.3 is 0 Å². The molecule has 3 aliphatic rings. The van der Waals surface area contributed by atoms with Gasteiger partial charge in [0.2, 0.25) is 0 Å². The van der Waals surface area contributed by atoms with Gasteiger partial charge in [0.15, 0.2) is 0 Å². The van der Waals surface area contributed by atoms with Gasteiger partial charge < -0.3 is 8.98 Å². The molecule has 0 saturated heterocycles. The second kappa shape index (κ2) is 12.3. The summed E-state index contributed by atoms with van der Waals surface area (Å²) >= 11 is 1.88. The first-order valence-electron chi connectivity index (χ1n) is 19.6. The molecule has 0 saturated carbocycles. The van der Waals surface area contributed by atoms with Gasteiger partial charge in [-0.05, 0) is 83.8 Å². The summed E-state index contributed by atoms with van der Waals surface area (Å²) in [6, 6.07) is 44.2. The summed E-state index contributed by atoms with van der Waals surface area (Å²) in [4.78, 5) is 0. The zero-order chi connectivity index (χ0) is 36.8. The maximum Gasteiger partial charge on any atom is 0.143 e. The fourth-order valence-corrected chi connectivity index (χ4v) is 10.8. The zero-order valence-electron chi connectivity index (χ0n) is 31.4. The van der Waals surface area contributed by atoms with E-state index >= 15 is 0 Å². The van der Waals surface area contributed by atoms with Crippen LogP contribution in [0.3, 0.4) is 0 Å². The molecule has 0 N–H and O–H groups in total. The van der Waals surface area contributed by atoms with Crippen LogP contribution in [0.1, 0.15) is 55.5 Å². The standard InChI is InChI=1S/C27H22O.C25H19NS/c1-27(2)22-14-7-6-11-21(22)24-23(27)16-15-20-19-13-8-12-18(25(19)28-26(20)24)17-9-4-3-5-10-17;1-26-22-8-4-2-6-18(22)20-14-16(10-12-23(20)26)17-11-13-25-21(15-17)19-7-3-5-9-24(19)27-25/h3-6,8-13,15-16H,7,14H2,1-2H3;2-3,5-7,9-15H,4,8H2,1H3. The van der Waals surface area contributed by atoms with E-state index in [1.807, 2.05) is 11.3 Å². The van der Waals surface area contributed by atoms with Crippen molar-refractivity contribution in [2.45, 2.75) is 44.9 Å². The number of hydrogen-bond acceptors (Lipinski definition) is 2. The van der Waals surface area contributed by atoms with Crippen molar-refractivity contribution >= 4 is 76.0 Å². The first kappa shape index (κ1) is 32.5. The summed E-state index contributed by atoms with van der Waals surface area (Å²) in [5.41, 5.74) is 16.9. The van der Waals surface area contributed by atoms with Crippen LogP contribution in [0.25, 0.3) is 86.9 Å². The average molecular weight is 728 g/mol. The van der Waals surface area contributed by atoms with E-state index in [-0.39, 0.29) is 5.41 Å². The molecule has 9 aromatic rings. The lowest BCUT2D eigenvalue weighted by Crippen LogP contribution is -2.17. The number of nitrogens with zero attached hydrogens (tertiary/aromatic N) is 1. The third kappa shape index (κ3) is 4.92. The first-order chi connectivity index (χ1) is 27.0. The van der Waals surface area contributed by atoms with Gasteiger partial charge in [0.1, 0.15) is 11.2 Å². The van der Waals surface area contributed by atoms with Crippen LogP contribution in [0.5, 0.6) is 0 Å². The summed E-state index contributed by atoms with van der Waals surface area (Å²) in [6.07, 6.45) is 13.8. The number of para-hydroxylation sites is 1. The minimum absolute atomic E-state index is 0.0743. The Kier molecular flexibility index (Phi) is 7.28. The Bertz CT molecular complexity index is 3120. The highest BCUT2D eigenvalue weighted by Gasteiger charge is 2.39. The average Bonchev–Trinajstić information content (AvgIpc) is 3.95. The van der Waals surface area contributed by atoms with Crippen LogP contribution in [0.15, 0.2) is 150 Å². The minimum Gasteiger partial charge on any atom is -0.455 e. The van der Waals surface area contributed by atoms with Crippen molar-refractivity contribution in [2.75, 3.05) is 0 Å². The van der Waals surface area contributed by atoms with Gasteiger partial charge in [0.25, 0.3) is 0 Å². The van der Waals surface area contributed by atoms with Gasteiger partial charge in [-0.15, -0.1) is 11.3 Å². The lowest BCUT2D eigenvalue weighted by atomic mass is 9.78. The summed E-state index contributed by atoms with van der Waals surface area (Å²) in [7, 11) is 2.20. The molecule has 0 unspecified atom stereocenters. The van der Waals surface area contributed by atoms with Crippen molar-refractivity contribution in [2.24, 2.45) is 7.05 Å². The highest BCUT2D eigenvalue weighted by Crippen LogP contribution is 2.53. The van der Waals surface area contributed by atoms with E-state index in [0.717, 1.165) is 42.4 Å². The molecule has 0 radical (unpaired) electrons. The van der Waals surface area contributed by atoms with Crippen LogP contribution in [0.2, 0.25) is 0 Å². The topological polar surface area (TPSA) is 18.1 Å². The molecule has 6 aromatic carbocycles. The molecule has 12 rings (SSSR count). The van der Waals surface area contributed by atoms with Crippen LogP contribution in [0, 0.1) is 0 Å². The van der Waals surface area contributed by atoms with Crippen LogP contribution < -0.4 is 0 Å². The Morgan fingerprint density at radius 1 is 0.600 bits per heavy atom. The molecular weight excluding hydrogens is 687 g/mol. The highest BCUT2D eigenvalue weighted by atomic mass is 32.1. The Labute approximate surface area is 325 Å². The smallest absolute Gasteiger partial charge is 0.143 e. The SMILES string of the molecule is CC1(C)C2=C(C=CCC2)c2c1ccc1c2oc2c(-c3ccccc3)cccc21.Cn1c2c(c3cc(-c4ccc5sc6ccccc6c5c4)ccc31)C=CCC2. The largest absolute Gasteiger partial charge is 0.455 e. The predicted octanol–water partition coefficient (Wildman–Crippen LogP) is 14.8. The first-order valence-corrected chi connectivity index (χ1v) is 20.4. The predicted molar refractivity (Wildman–Crippen MR) is 236 cm³/mol. The summed E-state index contributed by atoms with van der Waals surface area (Å²) in [5.74, 6) is 0. The number of furan rings is 1. The molecule has 3 aromatic heterocycles. The third-order valence-electron chi connectivity index (χ3n) is 12.5. The van der Waals surface area contributed by atoms with Crippen molar-refractivity contribution in [3.05, 3.63) is 168 Å². The van der Waals surface area contributed by atoms with E-state index in [9.17, 15) is 0 Å². The van der Waals surface area contributed by atoms with Crippen LogP contribution in [0.4, 0.5) is 0 Å². The molecule has 55 heavy (non-hydrogen) atoms. The minimum atomic E-state index is 0.0743. The zero-order valence-corrected chi connectivity index (χ0v) is 32.3. The lowest BCUT2D eigenvalue weighted by Gasteiger charge is -2.25. The van der Waals surface area contributed by atoms with E-state index < -0.39 is 0 Å². The summed E-state index contributed by atoms with van der Waals surface area (Å²) in [5, 5.41) is 6.51. The summed E-state index contributed by atoms with van der Waals surface area (Å²) < 4.78 is 11.7. The van der Waals surface area contributed by atoms with E-state index in [0.29, 0.717) is 0 Å². The molecule has 0 atom stereocenters. The van der Waals surface area contributed by atoms with Crippen molar-refractivity contribution in [1.29, 1.82) is 0 Å².